The van der Waals surface area contributed by atoms with Crippen LogP contribution in [0.5, 0.6) is 0 Å². The second-order valence-corrected chi connectivity index (χ2v) is 5.51. The van der Waals surface area contributed by atoms with E-state index in [1.165, 1.54) is 29.3 Å². The first kappa shape index (κ1) is 14.2. The molecule has 1 amide bonds. The molecular formula is C14H11N3O4S. The van der Waals surface area contributed by atoms with Gasteiger partial charge >= 0.3 is 0 Å². The van der Waals surface area contributed by atoms with Crippen molar-refractivity contribution in [3.63, 3.8) is 0 Å². The summed E-state index contributed by atoms with van der Waals surface area (Å²) in [5, 5.41) is 18.3. The Morgan fingerprint density at radius 3 is 2.77 bits per heavy atom. The van der Waals surface area contributed by atoms with Crippen LogP contribution in [-0.2, 0) is 9.53 Å². The van der Waals surface area contributed by atoms with E-state index in [4.69, 9.17) is 4.74 Å². The first-order valence-corrected chi connectivity index (χ1v) is 7.28. The first-order chi connectivity index (χ1) is 10.6. The van der Waals surface area contributed by atoms with Crippen LogP contribution in [0.2, 0.25) is 0 Å². The number of carbonyl (C=O) groups is 1. The van der Waals surface area contributed by atoms with Gasteiger partial charge in [-0.15, -0.1) is 16.4 Å². The SMILES string of the molecule is CC(=O)N1N=C(c2ccccc2[N+](=O)[O-])O[C@H]1c1cccs1. The summed E-state index contributed by atoms with van der Waals surface area (Å²) in [5.41, 5.74) is 0.134. The highest BCUT2D eigenvalue weighted by Gasteiger charge is 2.35. The maximum Gasteiger partial charge on any atom is 0.282 e. The van der Waals surface area contributed by atoms with E-state index in [2.05, 4.69) is 5.10 Å². The number of hydrogen-bond donors (Lipinski definition) is 0. The highest BCUT2D eigenvalue weighted by Crippen LogP contribution is 2.34. The summed E-state index contributed by atoms with van der Waals surface area (Å²) in [7, 11) is 0. The van der Waals surface area contributed by atoms with Crippen molar-refractivity contribution < 1.29 is 14.5 Å². The molecule has 0 aliphatic carbocycles. The van der Waals surface area contributed by atoms with Crippen LogP contribution in [0.15, 0.2) is 46.9 Å². The largest absolute Gasteiger partial charge is 0.445 e. The number of thiophene rings is 1. The molecule has 8 heteroatoms. The van der Waals surface area contributed by atoms with Gasteiger partial charge in [-0.3, -0.25) is 14.9 Å². The standard InChI is InChI=1S/C14H11N3O4S/c1-9(18)16-14(12-7-4-8-22-12)21-13(15-16)10-5-2-3-6-11(10)17(19)20/h2-8,14H,1H3/t14-/m0/s1. The normalized spacial score (nSPS) is 17.0. The molecule has 0 unspecified atom stereocenters. The van der Waals surface area contributed by atoms with E-state index in [1.54, 1.807) is 18.2 Å². The maximum absolute atomic E-state index is 11.8. The van der Waals surface area contributed by atoms with Gasteiger partial charge in [0.25, 0.3) is 5.69 Å². The van der Waals surface area contributed by atoms with E-state index < -0.39 is 11.2 Å². The molecule has 1 atom stereocenters. The molecule has 1 aromatic carbocycles. The van der Waals surface area contributed by atoms with Gasteiger partial charge in [0.1, 0.15) is 5.56 Å². The van der Waals surface area contributed by atoms with Crippen LogP contribution in [0.4, 0.5) is 5.69 Å². The zero-order chi connectivity index (χ0) is 15.7. The van der Waals surface area contributed by atoms with E-state index in [-0.39, 0.29) is 23.1 Å². The number of nitro benzene ring substituents is 1. The summed E-state index contributed by atoms with van der Waals surface area (Å²) < 4.78 is 5.72. The van der Waals surface area contributed by atoms with E-state index >= 15 is 0 Å². The molecule has 2 heterocycles. The van der Waals surface area contributed by atoms with Crippen molar-refractivity contribution in [2.24, 2.45) is 5.10 Å². The van der Waals surface area contributed by atoms with Crippen LogP contribution in [0.25, 0.3) is 0 Å². The molecule has 1 aliphatic heterocycles. The fourth-order valence-corrected chi connectivity index (χ4v) is 2.84. The number of ether oxygens (including phenoxy) is 1. The number of amides is 1. The molecule has 0 bridgehead atoms. The third-order valence-electron chi connectivity index (χ3n) is 3.08. The van der Waals surface area contributed by atoms with Crippen molar-refractivity contribution in [2.75, 3.05) is 0 Å². The molecule has 7 nitrogen and oxygen atoms in total. The fourth-order valence-electron chi connectivity index (χ4n) is 2.11. The quantitative estimate of drug-likeness (QED) is 0.643. The second kappa shape index (κ2) is 5.57. The summed E-state index contributed by atoms with van der Waals surface area (Å²) in [4.78, 5) is 23.2. The number of benzene rings is 1. The number of nitrogens with zero attached hydrogens (tertiary/aromatic N) is 3. The van der Waals surface area contributed by atoms with Crippen LogP contribution < -0.4 is 0 Å². The van der Waals surface area contributed by atoms with Gasteiger partial charge in [-0.2, -0.15) is 5.01 Å². The minimum absolute atomic E-state index is 0.0703. The fraction of sp³-hybridized carbons (Fsp3) is 0.143. The summed E-state index contributed by atoms with van der Waals surface area (Å²) in [6.07, 6.45) is -0.688. The molecule has 0 saturated heterocycles. The molecule has 112 valence electrons. The van der Waals surface area contributed by atoms with E-state index in [1.807, 2.05) is 17.5 Å². The molecule has 1 aliphatic rings. The highest BCUT2D eigenvalue weighted by molar-refractivity contribution is 7.10. The lowest BCUT2D eigenvalue weighted by Crippen LogP contribution is -2.24. The average molecular weight is 317 g/mol. The number of rotatable bonds is 3. The Morgan fingerprint density at radius 1 is 1.36 bits per heavy atom. The Kier molecular flexibility index (Phi) is 3.60. The summed E-state index contributed by atoms with van der Waals surface area (Å²) in [6, 6.07) is 9.80. The number of carbonyl (C=O) groups excluding carboxylic acids is 1. The predicted octanol–water partition coefficient (Wildman–Crippen LogP) is 2.90. The summed E-state index contributed by atoms with van der Waals surface area (Å²) in [6.45, 7) is 1.37. The third-order valence-corrected chi connectivity index (χ3v) is 3.99. The monoisotopic (exact) mass is 317 g/mol. The Morgan fingerprint density at radius 2 is 2.14 bits per heavy atom. The van der Waals surface area contributed by atoms with Gasteiger partial charge in [0.05, 0.1) is 9.80 Å². The van der Waals surface area contributed by atoms with Crippen LogP contribution in [0.1, 0.15) is 23.6 Å². The summed E-state index contributed by atoms with van der Waals surface area (Å²) >= 11 is 1.42. The van der Waals surface area contributed by atoms with Gasteiger partial charge in [0.15, 0.2) is 0 Å². The topological polar surface area (TPSA) is 85.0 Å². The lowest BCUT2D eigenvalue weighted by molar-refractivity contribution is -0.385. The smallest absolute Gasteiger partial charge is 0.282 e. The van der Waals surface area contributed by atoms with Gasteiger partial charge in [0.2, 0.25) is 18.0 Å². The van der Waals surface area contributed by atoms with Crippen LogP contribution >= 0.6 is 11.3 Å². The Bertz CT molecular complexity index is 757. The molecule has 0 saturated carbocycles. The Labute approximate surface area is 129 Å². The minimum Gasteiger partial charge on any atom is -0.445 e. The molecule has 0 spiro atoms. The van der Waals surface area contributed by atoms with Gasteiger partial charge in [-0.05, 0) is 17.5 Å². The van der Waals surface area contributed by atoms with Crippen molar-refractivity contribution in [1.82, 2.24) is 5.01 Å². The number of para-hydroxylation sites is 1. The molecule has 0 fully saturated rings. The number of hydrogen-bond acceptors (Lipinski definition) is 6. The Hall–Kier alpha value is -2.74. The minimum atomic E-state index is -0.688. The third kappa shape index (κ3) is 2.44. The van der Waals surface area contributed by atoms with E-state index in [0.29, 0.717) is 0 Å². The molecule has 2 aromatic rings. The lowest BCUT2D eigenvalue weighted by Gasteiger charge is -2.17. The number of hydrazone groups is 1. The molecule has 1 aromatic heterocycles. The van der Waals surface area contributed by atoms with Gasteiger partial charge < -0.3 is 4.74 Å². The molecule has 22 heavy (non-hydrogen) atoms. The lowest BCUT2D eigenvalue weighted by atomic mass is 10.2. The zero-order valence-electron chi connectivity index (χ0n) is 11.5. The average Bonchev–Trinajstić information content (AvgIpc) is 3.16. The van der Waals surface area contributed by atoms with Crippen LogP contribution in [0.3, 0.4) is 0 Å². The van der Waals surface area contributed by atoms with Crippen molar-refractivity contribution in [3.05, 3.63) is 62.3 Å². The van der Waals surface area contributed by atoms with E-state index in [0.717, 1.165) is 4.88 Å². The van der Waals surface area contributed by atoms with Gasteiger partial charge in [0, 0.05) is 13.0 Å². The van der Waals surface area contributed by atoms with Crippen LogP contribution in [0, 0.1) is 10.1 Å². The Balaban J connectivity index is 2.01. The summed E-state index contributed by atoms with van der Waals surface area (Å²) in [5.74, 6) is -0.229. The van der Waals surface area contributed by atoms with Gasteiger partial charge in [-0.25, -0.2) is 0 Å². The van der Waals surface area contributed by atoms with Crippen molar-refractivity contribution in [3.8, 4) is 0 Å². The highest BCUT2D eigenvalue weighted by atomic mass is 32.1. The van der Waals surface area contributed by atoms with Crippen LogP contribution in [-0.4, -0.2) is 21.7 Å². The maximum atomic E-state index is 11.8. The molecule has 0 radical (unpaired) electrons. The van der Waals surface area contributed by atoms with Crippen molar-refractivity contribution in [1.29, 1.82) is 0 Å². The van der Waals surface area contributed by atoms with Gasteiger partial charge in [-0.1, -0.05) is 18.2 Å². The zero-order valence-corrected chi connectivity index (χ0v) is 12.3. The predicted molar refractivity (Wildman–Crippen MR) is 80.3 cm³/mol. The van der Waals surface area contributed by atoms with Crippen molar-refractivity contribution in [2.45, 2.75) is 13.2 Å². The molecule has 3 rings (SSSR count). The number of nitro groups is 1. The molecular weight excluding hydrogens is 306 g/mol. The van der Waals surface area contributed by atoms with Crippen molar-refractivity contribution >= 4 is 28.8 Å². The first-order valence-electron chi connectivity index (χ1n) is 6.40. The molecule has 0 N–H and O–H groups in total. The van der Waals surface area contributed by atoms with E-state index in [9.17, 15) is 14.9 Å². The second-order valence-electron chi connectivity index (χ2n) is 4.53.